The fourth-order valence-corrected chi connectivity index (χ4v) is 3.04. The first-order valence-electron chi connectivity index (χ1n) is 5.41. The first-order chi connectivity index (χ1) is 8.99. The van der Waals surface area contributed by atoms with Crippen LogP contribution in [0.15, 0.2) is 35.7 Å². The highest BCUT2D eigenvalue weighted by molar-refractivity contribution is 14.1. The highest BCUT2D eigenvalue weighted by Gasteiger charge is 2.14. The van der Waals surface area contributed by atoms with Crippen molar-refractivity contribution in [3.8, 4) is 0 Å². The highest BCUT2D eigenvalue weighted by Crippen LogP contribution is 2.21. The number of halogens is 1. The number of hydrogen-bond donors (Lipinski definition) is 1. The molecule has 98 valence electrons. The number of nitrogens with two attached hydrogens (primary N) is 1. The monoisotopic (exact) mass is 402 g/mol. The van der Waals surface area contributed by atoms with Crippen LogP contribution in [0.3, 0.4) is 0 Å². The Morgan fingerprint density at radius 1 is 1.32 bits per heavy atom. The summed E-state index contributed by atoms with van der Waals surface area (Å²) in [6.07, 6.45) is 0. The Hall–Kier alpha value is -0.990. The van der Waals surface area contributed by atoms with Gasteiger partial charge in [-0.05, 0) is 52.9 Å². The molecule has 2 N–H and O–H groups in total. The van der Waals surface area contributed by atoms with Crippen molar-refractivity contribution in [1.82, 2.24) is 0 Å². The normalized spacial score (nSPS) is 10.2. The van der Waals surface area contributed by atoms with Gasteiger partial charge in [0.05, 0.1) is 8.45 Å². The van der Waals surface area contributed by atoms with Crippen molar-refractivity contribution in [2.75, 3.05) is 11.9 Å². The molecule has 0 aliphatic carbocycles. The average molecular weight is 402 g/mol. The van der Waals surface area contributed by atoms with Gasteiger partial charge in [0.25, 0.3) is 5.91 Å². The molecule has 0 saturated carbocycles. The Morgan fingerprint density at radius 2 is 1.95 bits per heavy atom. The van der Waals surface area contributed by atoms with Crippen LogP contribution in [0.2, 0.25) is 0 Å². The lowest BCUT2D eigenvalue weighted by atomic mass is 10.2. The maximum atomic E-state index is 12.3. The molecule has 1 heterocycles. The molecule has 0 aliphatic heterocycles. The number of rotatable bonds is 3. The van der Waals surface area contributed by atoms with Gasteiger partial charge in [0.1, 0.15) is 4.99 Å². The van der Waals surface area contributed by atoms with Gasteiger partial charge in [-0.15, -0.1) is 11.3 Å². The third kappa shape index (κ3) is 3.31. The minimum atomic E-state index is -0.0257. The Morgan fingerprint density at radius 3 is 2.42 bits per heavy atom. The van der Waals surface area contributed by atoms with Crippen molar-refractivity contribution in [2.45, 2.75) is 0 Å². The number of amides is 1. The van der Waals surface area contributed by atoms with Gasteiger partial charge >= 0.3 is 0 Å². The van der Waals surface area contributed by atoms with E-state index in [1.165, 1.54) is 0 Å². The standard InChI is InChI=1S/C13H11IN2OS2/c1-16(13(17)9-6-11(14)19-7-9)10-4-2-8(3-5-10)12(15)18/h2-7H,1H3,(H2,15,18). The third-order valence-corrected chi connectivity index (χ3v) is 4.68. The first-order valence-corrected chi connectivity index (χ1v) is 7.77. The molecule has 2 rings (SSSR count). The van der Waals surface area contributed by atoms with Gasteiger partial charge in [-0.1, -0.05) is 12.2 Å². The van der Waals surface area contributed by atoms with Crippen molar-refractivity contribution < 1.29 is 4.79 Å². The maximum Gasteiger partial charge on any atom is 0.258 e. The minimum absolute atomic E-state index is 0.0257. The van der Waals surface area contributed by atoms with Crippen LogP contribution in [0.5, 0.6) is 0 Å². The van der Waals surface area contributed by atoms with Crippen LogP contribution in [0.4, 0.5) is 5.69 Å². The quantitative estimate of drug-likeness (QED) is 0.634. The number of carbonyl (C=O) groups excluding carboxylic acids is 1. The van der Waals surface area contributed by atoms with E-state index in [0.29, 0.717) is 10.6 Å². The average Bonchev–Trinajstić information content (AvgIpc) is 2.84. The summed E-state index contributed by atoms with van der Waals surface area (Å²) in [6.45, 7) is 0. The van der Waals surface area contributed by atoms with Crippen molar-refractivity contribution >= 4 is 62.7 Å². The van der Waals surface area contributed by atoms with Crippen LogP contribution in [-0.2, 0) is 0 Å². The summed E-state index contributed by atoms with van der Waals surface area (Å²) >= 11 is 8.66. The number of thiophene rings is 1. The number of carbonyl (C=O) groups is 1. The Balaban J connectivity index is 2.21. The predicted molar refractivity (Wildman–Crippen MR) is 92.1 cm³/mol. The zero-order valence-corrected chi connectivity index (χ0v) is 13.9. The molecule has 2 aromatic rings. The lowest BCUT2D eigenvalue weighted by Gasteiger charge is -2.16. The summed E-state index contributed by atoms with van der Waals surface area (Å²) in [5.74, 6) is -0.0257. The molecule has 0 fully saturated rings. The van der Waals surface area contributed by atoms with Gasteiger partial charge in [0, 0.05) is 23.7 Å². The van der Waals surface area contributed by atoms with Gasteiger partial charge in [0.15, 0.2) is 0 Å². The molecule has 3 nitrogen and oxygen atoms in total. The van der Waals surface area contributed by atoms with E-state index < -0.39 is 0 Å². The van der Waals surface area contributed by atoms with Crippen LogP contribution in [0.25, 0.3) is 0 Å². The fraction of sp³-hybridized carbons (Fsp3) is 0.0769. The smallest absolute Gasteiger partial charge is 0.258 e. The van der Waals surface area contributed by atoms with E-state index in [-0.39, 0.29) is 5.91 Å². The van der Waals surface area contributed by atoms with Gasteiger partial charge in [-0.25, -0.2) is 0 Å². The highest BCUT2D eigenvalue weighted by atomic mass is 127. The second-order valence-corrected chi connectivity index (χ2v) is 7.16. The van der Waals surface area contributed by atoms with Crippen molar-refractivity contribution in [3.63, 3.8) is 0 Å². The summed E-state index contributed by atoms with van der Waals surface area (Å²) in [4.78, 5) is 14.2. The summed E-state index contributed by atoms with van der Waals surface area (Å²) in [6, 6.07) is 9.19. The third-order valence-electron chi connectivity index (χ3n) is 2.66. The molecule has 0 aliphatic rings. The lowest BCUT2D eigenvalue weighted by molar-refractivity contribution is 0.0993. The molecule has 19 heavy (non-hydrogen) atoms. The molecular formula is C13H11IN2OS2. The van der Waals surface area contributed by atoms with Gasteiger partial charge < -0.3 is 10.6 Å². The van der Waals surface area contributed by atoms with Gasteiger partial charge in [0.2, 0.25) is 0 Å². The molecule has 1 aromatic carbocycles. The summed E-state index contributed by atoms with van der Waals surface area (Å²) in [7, 11) is 1.75. The van der Waals surface area contributed by atoms with Crippen LogP contribution in [0, 0.1) is 2.88 Å². The molecule has 0 spiro atoms. The Labute approximate surface area is 134 Å². The maximum absolute atomic E-state index is 12.3. The van der Waals surface area contributed by atoms with Crippen LogP contribution < -0.4 is 10.6 Å². The van der Waals surface area contributed by atoms with E-state index in [4.69, 9.17) is 18.0 Å². The van der Waals surface area contributed by atoms with Crippen LogP contribution >= 0.6 is 46.1 Å². The molecule has 0 unspecified atom stereocenters. The Kier molecular flexibility index (Phi) is 4.54. The summed E-state index contributed by atoms with van der Waals surface area (Å²) in [5, 5.41) is 1.87. The summed E-state index contributed by atoms with van der Waals surface area (Å²) in [5.41, 5.74) is 7.86. The molecule has 0 radical (unpaired) electrons. The number of anilines is 1. The van der Waals surface area contributed by atoms with Gasteiger partial charge in [-0.2, -0.15) is 0 Å². The zero-order valence-electron chi connectivity index (χ0n) is 10.1. The zero-order chi connectivity index (χ0) is 14.0. The van der Waals surface area contributed by atoms with Crippen LogP contribution in [-0.4, -0.2) is 17.9 Å². The minimum Gasteiger partial charge on any atom is -0.389 e. The second-order valence-electron chi connectivity index (χ2n) is 3.91. The number of nitrogens with zero attached hydrogens (tertiary/aromatic N) is 1. The molecule has 0 bridgehead atoms. The van der Waals surface area contributed by atoms with Crippen molar-refractivity contribution in [3.05, 3.63) is 49.7 Å². The Bertz CT molecular complexity index is 622. The fourth-order valence-electron chi connectivity index (χ4n) is 1.58. The SMILES string of the molecule is CN(C(=O)c1csc(I)c1)c1ccc(C(N)=S)cc1. The molecule has 0 saturated heterocycles. The number of benzene rings is 1. The van der Waals surface area contributed by atoms with E-state index >= 15 is 0 Å². The number of thiocarbonyl (C=S) groups is 1. The van der Waals surface area contributed by atoms with Crippen LogP contribution in [0.1, 0.15) is 15.9 Å². The van der Waals surface area contributed by atoms with Crippen molar-refractivity contribution in [2.24, 2.45) is 5.73 Å². The molecule has 1 aromatic heterocycles. The summed E-state index contributed by atoms with van der Waals surface area (Å²) < 4.78 is 1.10. The first kappa shape index (κ1) is 14.4. The largest absolute Gasteiger partial charge is 0.389 e. The number of hydrogen-bond acceptors (Lipinski definition) is 3. The van der Waals surface area contributed by atoms with E-state index in [1.807, 2.05) is 35.7 Å². The van der Waals surface area contributed by atoms with E-state index in [9.17, 15) is 4.79 Å². The molecule has 6 heteroatoms. The topological polar surface area (TPSA) is 46.3 Å². The predicted octanol–water partition coefficient (Wildman–Crippen LogP) is 3.26. The van der Waals surface area contributed by atoms with Crippen molar-refractivity contribution in [1.29, 1.82) is 0 Å². The van der Waals surface area contributed by atoms with E-state index in [1.54, 1.807) is 23.3 Å². The van der Waals surface area contributed by atoms with E-state index in [0.717, 1.165) is 14.1 Å². The lowest BCUT2D eigenvalue weighted by Crippen LogP contribution is -2.25. The van der Waals surface area contributed by atoms with E-state index in [2.05, 4.69) is 22.6 Å². The van der Waals surface area contributed by atoms with Gasteiger partial charge in [-0.3, -0.25) is 4.79 Å². The molecule has 1 amide bonds. The molecule has 0 atom stereocenters. The molecular weight excluding hydrogens is 391 g/mol. The second kappa shape index (κ2) is 5.98.